The number of ether oxygens (including phenoxy) is 1. The average molecular weight is 342 g/mol. The standard InChI is InChI=1S/C22H40O2/c1-3-5-6-7-8-9-10-11-12-13-14-15-16-17-18-19-20-21-22(23)24-4-2/h11-12,17-18H,3-10,13-16,19-21H2,1-2H3/b12-11-,18-17-/i2D3,4D2. The second kappa shape index (κ2) is 20.0. The number of hydrogen-bond acceptors (Lipinski definition) is 2. The van der Waals surface area contributed by atoms with Gasteiger partial charge in [-0.2, -0.15) is 0 Å². The molecule has 0 N–H and O–H groups in total. The average Bonchev–Trinajstić information content (AvgIpc) is 2.63. The zero-order valence-electron chi connectivity index (χ0n) is 20.5. The molecule has 0 bridgehead atoms. The van der Waals surface area contributed by atoms with Crippen LogP contribution in [0.5, 0.6) is 0 Å². The first-order chi connectivity index (χ1) is 13.7. The SMILES string of the molecule is [2H]C([2H])([2H])C([2H])([2H])OC(=O)CCC/C=C\CCCC/C=C\CCCCCCCC. The lowest BCUT2D eigenvalue weighted by Crippen LogP contribution is -2.02. The number of carbonyl (C=O) groups excluding carboxylic acids is 1. The van der Waals surface area contributed by atoms with Gasteiger partial charge in [-0.1, -0.05) is 63.3 Å². The quantitative estimate of drug-likeness (QED) is 0.160. The highest BCUT2D eigenvalue weighted by atomic mass is 16.5. The van der Waals surface area contributed by atoms with Gasteiger partial charge in [0.1, 0.15) is 0 Å². The van der Waals surface area contributed by atoms with Gasteiger partial charge in [0.25, 0.3) is 0 Å². The molecule has 0 spiro atoms. The fourth-order valence-corrected chi connectivity index (χ4v) is 2.51. The highest BCUT2D eigenvalue weighted by Crippen LogP contribution is 2.08. The van der Waals surface area contributed by atoms with Crippen LogP contribution >= 0.6 is 0 Å². The predicted molar refractivity (Wildman–Crippen MR) is 105 cm³/mol. The van der Waals surface area contributed by atoms with Crippen molar-refractivity contribution in [1.29, 1.82) is 0 Å². The molecule has 0 aromatic rings. The van der Waals surface area contributed by atoms with Gasteiger partial charge in [0.15, 0.2) is 0 Å². The summed E-state index contributed by atoms with van der Waals surface area (Å²) >= 11 is 0. The first-order valence-electron chi connectivity index (χ1n) is 12.2. The molecule has 0 aliphatic carbocycles. The second-order valence-corrected chi connectivity index (χ2v) is 6.25. The smallest absolute Gasteiger partial charge is 0.305 e. The Balaban J connectivity index is 3.53. The van der Waals surface area contributed by atoms with Crippen molar-refractivity contribution in [3.05, 3.63) is 24.3 Å². The normalized spacial score (nSPS) is 15.8. The van der Waals surface area contributed by atoms with Gasteiger partial charge in [0, 0.05) is 10.5 Å². The van der Waals surface area contributed by atoms with Gasteiger partial charge in [-0.3, -0.25) is 4.79 Å². The summed E-state index contributed by atoms with van der Waals surface area (Å²) in [6.07, 6.45) is 23.7. The second-order valence-electron chi connectivity index (χ2n) is 6.25. The van der Waals surface area contributed by atoms with Crippen molar-refractivity contribution in [2.24, 2.45) is 0 Å². The van der Waals surface area contributed by atoms with Crippen LogP contribution in [0, 0.1) is 0 Å². The molecule has 24 heavy (non-hydrogen) atoms. The van der Waals surface area contributed by atoms with E-state index in [0.29, 0.717) is 12.8 Å². The van der Waals surface area contributed by atoms with Crippen LogP contribution < -0.4 is 0 Å². The van der Waals surface area contributed by atoms with Gasteiger partial charge in [-0.15, -0.1) is 0 Å². The highest BCUT2D eigenvalue weighted by molar-refractivity contribution is 5.69. The number of unbranched alkanes of at least 4 members (excludes halogenated alkanes) is 10. The molecule has 0 aliphatic rings. The fourth-order valence-electron chi connectivity index (χ4n) is 2.51. The molecule has 0 rings (SSSR count). The van der Waals surface area contributed by atoms with E-state index in [4.69, 9.17) is 6.85 Å². The van der Waals surface area contributed by atoms with Crippen molar-refractivity contribution in [1.82, 2.24) is 0 Å². The fraction of sp³-hybridized carbons (Fsp3) is 0.773. The third-order valence-corrected chi connectivity index (χ3v) is 3.97. The minimum absolute atomic E-state index is 0.0172. The van der Waals surface area contributed by atoms with Crippen molar-refractivity contribution < 1.29 is 16.4 Å². The van der Waals surface area contributed by atoms with E-state index in [-0.39, 0.29) is 6.42 Å². The van der Waals surface area contributed by atoms with Gasteiger partial charge in [0.2, 0.25) is 0 Å². The van der Waals surface area contributed by atoms with Crippen molar-refractivity contribution in [3.8, 4) is 0 Å². The number of allylic oxidation sites excluding steroid dienone is 4. The summed E-state index contributed by atoms with van der Waals surface area (Å²) in [5.41, 5.74) is 0. The first kappa shape index (κ1) is 15.2. The van der Waals surface area contributed by atoms with E-state index in [0.717, 1.165) is 19.3 Å². The Hall–Kier alpha value is -1.05. The molecule has 0 aromatic heterocycles. The molecule has 0 aliphatic heterocycles. The van der Waals surface area contributed by atoms with Gasteiger partial charge in [0.05, 0.1) is 9.30 Å². The van der Waals surface area contributed by atoms with Crippen LogP contribution in [0.2, 0.25) is 0 Å². The van der Waals surface area contributed by atoms with Crippen LogP contribution in [0.15, 0.2) is 24.3 Å². The van der Waals surface area contributed by atoms with Gasteiger partial charge < -0.3 is 4.74 Å². The Morgan fingerprint density at radius 1 is 0.833 bits per heavy atom. The molecule has 0 saturated carbocycles. The van der Waals surface area contributed by atoms with Crippen molar-refractivity contribution in [3.63, 3.8) is 0 Å². The van der Waals surface area contributed by atoms with E-state index in [9.17, 15) is 4.79 Å². The van der Waals surface area contributed by atoms with E-state index in [1.165, 1.54) is 51.4 Å². The zero-order chi connectivity index (χ0) is 22.0. The molecule has 0 radical (unpaired) electrons. The maximum Gasteiger partial charge on any atom is 0.305 e. The van der Waals surface area contributed by atoms with Crippen molar-refractivity contribution in [2.75, 3.05) is 6.56 Å². The van der Waals surface area contributed by atoms with Gasteiger partial charge >= 0.3 is 5.97 Å². The van der Waals surface area contributed by atoms with Crippen LogP contribution in [-0.2, 0) is 9.53 Å². The maximum atomic E-state index is 11.5. The molecule has 0 unspecified atom stereocenters. The van der Waals surface area contributed by atoms with Gasteiger partial charge in [-0.25, -0.2) is 0 Å². The molecule has 140 valence electrons. The van der Waals surface area contributed by atoms with E-state index >= 15 is 0 Å². The molecule has 2 heteroatoms. The minimum Gasteiger partial charge on any atom is -0.466 e. The van der Waals surface area contributed by atoms with E-state index in [1.807, 2.05) is 6.08 Å². The number of rotatable bonds is 17. The van der Waals surface area contributed by atoms with Crippen LogP contribution in [0.3, 0.4) is 0 Å². The summed E-state index contributed by atoms with van der Waals surface area (Å²) < 4.78 is 39.9. The van der Waals surface area contributed by atoms with Gasteiger partial charge in [-0.05, 0) is 58.2 Å². The Kier molecular flexibility index (Phi) is 12.7. The summed E-state index contributed by atoms with van der Waals surface area (Å²) in [5.74, 6) is -0.813. The third kappa shape index (κ3) is 19.0. The molecule has 0 atom stereocenters. The molecule has 0 fully saturated rings. The largest absolute Gasteiger partial charge is 0.466 e. The minimum atomic E-state index is -2.97. The number of hydrogen-bond donors (Lipinski definition) is 0. The first-order valence-corrected chi connectivity index (χ1v) is 9.72. The van der Waals surface area contributed by atoms with E-state index < -0.39 is 19.4 Å². The number of carbonyl (C=O) groups is 1. The van der Waals surface area contributed by atoms with Crippen LogP contribution in [0.4, 0.5) is 0 Å². The van der Waals surface area contributed by atoms with E-state index in [1.54, 1.807) is 0 Å². The Morgan fingerprint density at radius 3 is 1.92 bits per heavy atom. The molecule has 0 amide bonds. The molecule has 0 saturated heterocycles. The lowest BCUT2D eigenvalue weighted by atomic mass is 10.1. The third-order valence-electron chi connectivity index (χ3n) is 3.97. The lowest BCUT2D eigenvalue weighted by Gasteiger charge is -1.99. The Morgan fingerprint density at radius 2 is 1.33 bits per heavy atom. The predicted octanol–water partition coefficient (Wildman–Crippen LogP) is 7.14. The summed E-state index contributed by atoms with van der Waals surface area (Å²) in [7, 11) is 0. The maximum absolute atomic E-state index is 11.5. The molecular formula is C22H40O2. The highest BCUT2D eigenvalue weighted by Gasteiger charge is 1.98. The van der Waals surface area contributed by atoms with Crippen molar-refractivity contribution in [2.45, 2.75) is 104 Å². The Labute approximate surface area is 157 Å². The summed E-state index contributed by atoms with van der Waals surface area (Å²) in [6, 6.07) is 0. The summed E-state index contributed by atoms with van der Waals surface area (Å²) in [6.45, 7) is -3.65. The lowest BCUT2D eigenvalue weighted by molar-refractivity contribution is -0.143. The van der Waals surface area contributed by atoms with Crippen molar-refractivity contribution >= 4 is 5.97 Å². The molecule has 0 aromatic carbocycles. The molecule has 0 heterocycles. The van der Waals surface area contributed by atoms with Crippen LogP contribution in [0.25, 0.3) is 0 Å². The topological polar surface area (TPSA) is 26.3 Å². The summed E-state index contributed by atoms with van der Waals surface area (Å²) in [5, 5.41) is 0. The van der Waals surface area contributed by atoms with Crippen LogP contribution in [0.1, 0.15) is 111 Å². The van der Waals surface area contributed by atoms with Crippen LogP contribution in [-0.4, -0.2) is 12.5 Å². The molecular weight excluding hydrogens is 296 g/mol. The monoisotopic (exact) mass is 341 g/mol. The summed E-state index contributed by atoms with van der Waals surface area (Å²) in [4.78, 5) is 11.5. The number of esters is 1. The zero-order valence-corrected chi connectivity index (χ0v) is 15.5. The molecule has 2 nitrogen and oxygen atoms in total. The van der Waals surface area contributed by atoms with E-state index in [2.05, 4.69) is 29.9 Å². The Bertz CT molecular complexity index is 470.